The molecule has 1 N–H and O–H groups in total. The number of rotatable bonds is 1. The van der Waals surface area contributed by atoms with Crippen LogP contribution in [0.5, 0.6) is 0 Å². The molecule has 0 aromatic rings. The van der Waals surface area contributed by atoms with E-state index in [0.29, 0.717) is 0 Å². The Morgan fingerprint density at radius 2 is 1.83 bits per heavy atom. The number of carbonyl (C=O) groups excluding carboxylic acids is 1. The van der Waals surface area contributed by atoms with E-state index in [4.69, 9.17) is 4.74 Å². The Labute approximate surface area is 73.5 Å². The normalized spacial score (nSPS) is 26.6. The first-order chi connectivity index (χ1) is 5.22. The van der Waals surface area contributed by atoms with Gasteiger partial charge >= 0.3 is 5.97 Å². The predicted octanol–water partition coefficient (Wildman–Crippen LogP) is 1.08. The largest absolute Gasteiger partial charge is 0.459 e. The molecule has 0 unspecified atom stereocenters. The van der Waals surface area contributed by atoms with Crippen LogP contribution in [0.15, 0.2) is 0 Å². The van der Waals surface area contributed by atoms with Gasteiger partial charge in [0, 0.05) is 5.54 Å². The van der Waals surface area contributed by atoms with E-state index in [1.165, 1.54) is 0 Å². The Morgan fingerprint density at radius 1 is 1.42 bits per heavy atom. The highest BCUT2D eigenvalue weighted by Gasteiger charge is 2.51. The van der Waals surface area contributed by atoms with Gasteiger partial charge in [0.25, 0.3) is 0 Å². The summed E-state index contributed by atoms with van der Waals surface area (Å²) in [6, 6.07) is -0.114. The van der Waals surface area contributed by atoms with Crippen LogP contribution in [-0.4, -0.2) is 23.2 Å². The van der Waals surface area contributed by atoms with Gasteiger partial charge in [0.15, 0.2) is 0 Å². The molecule has 70 valence electrons. The minimum atomic E-state index is -0.378. The van der Waals surface area contributed by atoms with Gasteiger partial charge in [-0.05, 0) is 34.6 Å². The molecule has 0 aromatic carbocycles. The second kappa shape index (κ2) is 2.46. The van der Waals surface area contributed by atoms with Crippen molar-refractivity contribution in [3.8, 4) is 0 Å². The first-order valence-electron chi connectivity index (χ1n) is 4.23. The molecule has 0 amide bonds. The third kappa shape index (κ3) is 2.21. The molecule has 0 spiro atoms. The summed E-state index contributed by atoms with van der Waals surface area (Å²) in [6.07, 6.45) is 0. The van der Waals surface area contributed by atoms with Gasteiger partial charge in [0.2, 0.25) is 0 Å². The van der Waals surface area contributed by atoms with Crippen LogP contribution in [0.3, 0.4) is 0 Å². The average Bonchev–Trinajstić information content (AvgIpc) is 2.35. The lowest BCUT2D eigenvalue weighted by atomic mass is 10.1. The molecule has 3 nitrogen and oxygen atoms in total. The first-order valence-corrected chi connectivity index (χ1v) is 4.23. The van der Waals surface area contributed by atoms with Crippen LogP contribution in [0.2, 0.25) is 0 Å². The second-order valence-corrected chi connectivity index (χ2v) is 4.83. The van der Waals surface area contributed by atoms with Gasteiger partial charge < -0.3 is 4.74 Å². The van der Waals surface area contributed by atoms with Gasteiger partial charge in [-0.3, -0.25) is 10.1 Å². The summed E-state index contributed by atoms with van der Waals surface area (Å²) < 4.78 is 5.20. The van der Waals surface area contributed by atoms with Crippen molar-refractivity contribution in [1.29, 1.82) is 0 Å². The number of hydrogen-bond donors (Lipinski definition) is 1. The van der Waals surface area contributed by atoms with Crippen LogP contribution in [0.4, 0.5) is 0 Å². The molecular formula is C9H17NO2. The van der Waals surface area contributed by atoms with Gasteiger partial charge in [0.05, 0.1) is 0 Å². The lowest BCUT2D eigenvalue weighted by Crippen LogP contribution is -2.29. The number of carbonyl (C=O) groups is 1. The molecule has 0 bridgehead atoms. The highest BCUT2D eigenvalue weighted by Crippen LogP contribution is 2.27. The zero-order valence-corrected chi connectivity index (χ0v) is 8.39. The highest BCUT2D eigenvalue weighted by molar-refractivity contribution is 5.81. The molecular weight excluding hydrogens is 154 g/mol. The second-order valence-electron chi connectivity index (χ2n) is 4.83. The van der Waals surface area contributed by atoms with Crippen molar-refractivity contribution in [2.75, 3.05) is 0 Å². The molecule has 1 saturated heterocycles. The molecule has 1 fully saturated rings. The minimum absolute atomic E-state index is 0.0671. The maximum absolute atomic E-state index is 11.4. The highest BCUT2D eigenvalue weighted by atomic mass is 16.6. The van der Waals surface area contributed by atoms with E-state index in [1.54, 1.807) is 0 Å². The quantitative estimate of drug-likeness (QED) is 0.474. The summed E-state index contributed by atoms with van der Waals surface area (Å²) in [7, 11) is 0. The molecule has 1 rings (SSSR count). The molecule has 3 heteroatoms. The monoisotopic (exact) mass is 171 g/mol. The third-order valence-electron chi connectivity index (χ3n) is 1.80. The predicted molar refractivity (Wildman–Crippen MR) is 46.8 cm³/mol. The molecule has 0 aliphatic carbocycles. The fourth-order valence-corrected chi connectivity index (χ4v) is 1.04. The van der Waals surface area contributed by atoms with Crippen molar-refractivity contribution in [2.45, 2.75) is 51.8 Å². The van der Waals surface area contributed by atoms with Crippen molar-refractivity contribution in [3.63, 3.8) is 0 Å². The third-order valence-corrected chi connectivity index (χ3v) is 1.80. The summed E-state index contributed by atoms with van der Waals surface area (Å²) >= 11 is 0. The summed E-state index contributed by atoms with van der Waals surface area (Å²) in [4.78, 5) is 11.4. The van der Waals surface area contributed by atoms with E-state index in [2.05, 4.69) is 5.32 Å². The molecule has 0 aromatic heterocycles. The van der Waals surface area contributed by atoms with Crippen LogP contribution >= 0.6 is 0 Å². The van der Waals surface area contributed by atoms with E-state index in [0.717, 1.165) is 0 Å². The van der Waals surface area contributed by atoms with Gasteiger partial charge in [0.1, 0.15) is 11.6 Å². The smallest absolute Gasteiger partial charge is 0.325 e. The molecule has 0 saturated carbocycles. The van der Waals surface area contributed by atoms with Gasteiger partial charge in [-0.15, -0.1) is 0 Å². The number of hydrogen-bond acceptors (Lipinski definition) is 3. The van der Waals surface area contributed by atoms with Gasteiger partial charge in [-0.2, -0.15) is 0 Å². The van der Waals surface area contributed by atoms with E-state index >= 15 is 0 Å². The Morgan fingerprint density at radius 3 is 2.08 bits per heavy atom. The standard InChI is InChI=1S/C9H17NO2/c1-8(2,3)12-7(11)6-9(4,5)10-6/h6,10H,1-5H3/t6-/m0/s1. The lowest BCUT2D eigenvalue weighted by Gasteiger charge is -2.19. The Hall–Kier alpha value is -0.570. The fraction of sp³-hybridized carbons (Fsp3) is 0.889. The van der Waals surface area contributed by atoms with Crippen LogP contribution < -0.4 is 5.32 Å². The lowest BCUT2D eigenvalue weighted by molar-refractivity contribution is -0.154. The summed E-state index contributed by atoms with van der Waals surface area (Å²) in [5.41, 5.74) is -0.445. The number of ether oxygens (including phenoxy) is 1. The minimum Gasteiger partial charge on any atom is -0.459 e. The maximum atomic E-state index is 11.4. The summed E-state index contributed by atoms with van der Waals surface area (Å²) in [5.74, 6) is -0.146. The van der Waals surface area contributed by atoms with E-state index < -0.39 is 0 Å². The zero-order chi connectivity index (χ0) is 9.57. The van der Waals surface area contributed by atoms with Crippen LogP contribution in [0, 0.1) is 0 Å². The van der Waals surface area contributed by atoms with E-state index in [1.807, 2.05) is 34.6 Å². The van der Waals surface area contributed by atoms with Crippen LogP contribution in [-0.2, 0) is 9.53 Å². The SMILES string of the molecule is CC(C)(C)OC(=O)[C@@H]1NC1(C)C. The number of esters is 1. The zero-order valence-electron chi connectivity index (χ0n) is 8.39. The van der Waals surface area contributed by atoms with Crippen LogP contribution in [0.1, 0.15) is 34.6 Å². The fourth-order valence-electron chi connectivity index (χ4n) is 1.04. The van der Waals surface area contributed by atoms with Crippen molar-refractivity contribution in [3.05, 3.63) is 0 Å². The molecule has 0 radical (unpaired) electrons. The molecule has 1 aliphatic rings. The number of nitrogens with one attached hydrogen (secondary N) is 1. The summed E-state index contributed by atoms with van der Waals surface area (Å²) in [5, 5.41) is 3.06. The first kappa shape index (κ1) is 9.52. The average molecular weight is 171 g/mol. The maximum Gasteiger partial charge on any atom is 0.325 e. The van der Waals surface area contributed by atoms with E-state index in [-0.39, 0.29) is 23.2 Å². The Bertz CT molecular complexity index is 203. The van der Waals surface area contributed by atoms with Gasteiger partial charge in [-0.1, -0.05) is 0 Å². The van der Waals surface area contributed by atoms with Crippen LogP contribution in [0.25, 0.3) is 0 Å². The summed E-state index contributed by atoms with van der Waals surface area (Å²) in [6.45, 7) is 9.60. The van der Waals surface area contributed by atoms with Crippen molar-refractivity contribution < 1.29 is 9.53 Å². The molecule has 1 atom stereocenters. The van der Waals surface area contributed by atoms with Crippen molar-refractivity contribution >= 4 is 5.97 Å². The van der Waals surface area contributed by atoms with Crippen molar-refractivity contribution in [1.82, 2.24) is 5.32 Å². The van der Waals surface area contributed by atoms with Gasteiger partial charge in [-0.25, -0.2) is 0 Å². The Kier molecular flexibility index (Phi) is 1.95. The topological polar surface area (TPSA) is 48.2 Å². The Balaban J connectivity index is 2.42. The van der Waals surface area contributed by atoms with E-state index in [9.17, 15) is 4.79 Å². The molecule has 1 aliphatic heterocycles. The molecule has 12 heavy (non-hydrogen) atoms. The van der Waals surface area contributed by atoms with Crippen molar-refractivity contribution in [2.24, 2.45) is 0 Å². The molecule has 1 heterocycles.